The molecule has 0 aliphatic heterocycles. The Balaban J connectivity index is 2.06. The Hall–Kier alpha value is -3.32. The van der Waals surface area contributed by atoms with Gasteiger partial charge in [-0.1, -0.05) is 36.9 Å². The predicted molar refractivity (Wildman–Crippen MR) is 118 cm³/mol. The molecule has 7 heteroatoms. The quantitative estimate of drug-likeness (QED) is 0.543. The van der Waals surface area contributed by atoms with Crippen LogP contribution in [0.2, 0.25) is 0 Å². The van der Waals surface area contributed by atoms with E-state index in [-0.39, 0.29) is 25.4 Å². The number of hydrogen-bond acceptors (Lipinski definition) is 5. The van der Waals surface area contributed by atoms with Crippen molar-refractivity contribution in [3.8, 4) is 11.5 Å². The molecule has 0 spiro atoms. The number of primary amides is 1. The minimum atomic E-state index is -0.463. The van der Waals surface area contributed by atoms with Crippen LogP contribution < -0.4 is 20.1 Å². The Morgan fingerprint density at radius 2 is 1.83 bits per heavy atom. The zero-order chi connectivity index (χ0) is 21.9. The van der Waals surface area contributed by atoms with E-state index in [1.165, 1.54) is 0 Å². The lowest BCUT2D eigenvalue weighted by molar-refractivity contribution is -0.120. The molecule has 0 radical (unpaired) electrons. The monoisotopic (exact) mass is 411 g/mol. The first-order valence-electron chi connectivity index (χ1n) is 9.67. The molecule has 0 bridgehead atoms. The molecule has 0 heterocycles. The summed E-state index contributed by atoms with van der Waals surface area (Å²) >= 11 is 0. The van der Waals surface area contributed by atoms with Crippen molar-refractivity contribution in [1.29, 1.82) is 0 Å². The van der Waals surface area contributed by atoms with Gasteiger partial charge >= 0.3 is 0 Å². The second kappa shape index (κ2) is 11.6. The summed E-state index contributed by atoms with van der Waals surface area (Å²) in [4.78, 5) is 27.8. The normalized spacial score (nSPS) is 10.5. The van der Waals surface area contributed by atoms with E-state index in [1.807, 2.05) is 48.3 Å². The molecule has 0 unspecified atom stereocenters. The lowest BCUT2D eigenvalue weighted by atomic mass is 10.2. The third-order valence-corrected chi connectivity index (χ3v) is 4.41. The van der Waals surface area contributed by atoms with E-state index in [9.17, 15) is 9.59 Å². The highest BCUT2D eigenvalue weighted by Gasteiger charge is 2.21. The smallest absolute Gasteiger partial charge is 0.241 e. The number of carbonyl (C=O) groups is 2. The van der Waals surface area contributed by atoms with Gasteiger partial charge < -0.3 is 20.1 Å². The van der Waals surface area contributed by atoms with Gasteiger partial charge in [0.15, 0.2) is 0 Å². The molecule has 2 amide bonds. The van der Waals surface area contributed by atoms with Gasteiger partial charge in [0.1, 0.15) is 18.1 Å². The number of ether oxygens (including phenoxy) is 2. The van der Waals surface area contributed by atoms with Gasteiger partial charge in [0, 0.05) is 19.5 Å². The van der Waals surface area contributed by atoms with Crippen molar-refractivity contribution >= 4 is 17.5 Å². The first-order chi connectivity index (χ1) is 14.4. The second-order valence-electron chi connectivity index (χ2n) is 6.85. The van der Waals surface area contributed by atoms with E-state index in [1.54, 1.807) is 30.2 Å². The Kier molecular flexibility index (Phi) is 8.90. The largest absolute Gasteiger partial charge is 0.495 e. The molecule has 2 aromatic carbocycles. The predicted octanol–water partition coefficient (Wildman–Crippen LogP) is 2.60. The summed E-state index contributed by atoms with van der Waals surface area (Å²) in [7, 11) is 3.42. The summed E-state index contributed by atoms with van der Waals surface area (Å²) in [6, 6.07) is 14.9. The number of likely N-dealkylation sites (N-methyl/N-ethyl adjacent to an activating group) is 1. The summed E-state index contributed by atoms with van der Waals surface area (Å²) in [5, 5.41) is 0. The van der Waals surface area contributed by atoms with Gasteiger partial charge in [0.05, 0.1) is 19.3 Å². The van der Waals surface area contributed by atoms with Crippen molar-refractivity contribution in [2.24, 2.45) is 5.73 Å². The SMILES string of the molecule is C=CCOc1ccc(CN(C)CC(=O)N(CCC(N)=O)c2ccccc2OC)cc1. The zero-order valence-electron chi connectivity index (χ0n) is 17.5. The number of rotatable bonds is 12. The molecular formula is C23H29N3O4. The molecule has 7 nitrogen and oxygen atoms in total. The van der Waals surface area contributed by atoms with Gasteiger partial charge in [0.2, 0.25) is 11.8 Å². The Morgan fingerprint density at radius 1 is 1.13 bits per heavy atom. The van der Waals surface area contributed by atoms with Crippen molar-refractivity contribution in [1.82, 2.24) is 4.90 Å². The highest BCUT2D eigenvalue weighted by atomic mass is 16.5. The van der Waals surface area contributed by atoms with Gasteiger partial charge in [-0.3, -0.25) is 14.5 Å². The van der Waals surface area contributed by atoms with Crippen molar-refractivity contribution in [3.05, 3.63) is 66.7 Å². The molecule has 160 valence electrons. The maximum Gasteiger partial charge on any atom is 0.241 e. The maximum atomic E-state index is 13.0. The van der Waals surface area contributed by atoms with Crippen molar-refractivity contribution in [2.45, 2.75) is 13.0 Å². The molecule has 30 heavy (non-hydrogen) atoms. The molecule has 0 saturated carbocycles. The van der Waals surface area contributed by atoms with Crippen LogP contribution in [-0.4, -0.2) is 50.6 Å². The average molecular weight is 412 g/mol. The van der Waals surface area contributed by atoms with E-state index in [2.05, 4.69) is 6.58 Å². The molecule has 0 aromatic heterocycles. The third kappa shape index (κ3) is 6.93. The van der Waals surface area contributed by atoms with Crippen LogP contribution in [-0.2, 0) is 16.1 Å². The molecule has 2 rings (SSSR count). The number of nitrogens with two attached hydrogens (primary N) is 1. The van der Waals surface area contributed by atoms with Crippen molar-refractivity contribution < 1.29 is 19.1 Å². The molecular weight excluding hydrogens is 382 g/mol. The molecule has 0 fully saturated rings. The summed E-state index contributed by atoms with van der Waals surface area (Å²) in [6.45, 7) is 5.04. The third-order valence-electron chi connectivity index (χ3n) is 4.41. The van der Waals surface area contributed by atoms with Gasteiger partial charge in [-0.2, -0.15) is 0 Å². The number of carbonyl (C=O) groups excluding carboxylic acids is 2. The molecule has 0 aliphatic carbocycles. The Labute approximate surface area is 177 Å². The molecule has 0 atom stereocenters. The van der Waals surface area contributed by atoms with Crippen LogP contribution in [0.5, 0.6) is 11.5 Å². The van der Waals surface area contributed by atoms with Gasteiger partial charge in [-0.05, 0) is 36.9 Å². The maximum absolute atomic E-state index is 13.0. The fourth-order valence-electron chi connectivity index (χ4n) is 2.98. The first kappa shape index (κ1) is 23.0. The lowest BCUT2D eigenvalue weighted by Gasteiger charge is -2.26. The van der Waals surface area contributed by atoms with Gasteiger partial charge in [-0.25, -0.2) is 0 Å². The van der Waals surface area contributed by atoms with E-state index < -0.39 is 5.91 Å². The van der Waals surface area contributed by atoms with E-state index >= 15 is 0 Å². The molecule has 0 saturated heterocycles. The van der Waals surface area contributed by atoms with Crippen LogP contribution in [0.1, 0.15) is 12.0 Å². The van der Waals surface area contributed by atoms with Crippen molar-refractivity contribution in [2.75, 3.05) is 38.8 Å². The minimum Gasteiger partial charge on any atom is -0.495 e. The fraction of sp³-hybridized carbons (Fsp3) is 0.304. The van der Waals surface area contributed by atoms with Crippen LogP contribution in [0.25, 0.3) is 0 Å². The fourth-order valence-corrected chi connectivity index (χ4v) is 2.98. The van der Waals surface area contributed by atoms with Crippen LogP contribution in [0.3, 0.4) is 0 Å². The number of benzene rings is 2. The lowest BCUT2D eigenvalue weighted by Crippen LogP contribution is -2.40. The first-order valence-corrected chi connectivity index (χ1v) is 9.67. The van der Waals surface area contributed by atoms with Gasteiger partial charge in [0.25, 0.3) is 0 Å². The summed E-state index contributed by atoms with van der Waals surface area (Å²) in [5.41, 5.74) is 6.97. The van der Waals surface area contributed by atoms with Crippen LogP contribution in [0.4, 0.5) is 5.69 Å². The van der Waals surface area contributed by atoms with Crippen molar-refractivity contribution in [3.63, 3.8) is 0 Å². The molecule has 0 aliphatic rings. The molecule has 2 aromatic rings. The average Bonchev–Trinajstić information content (AvgIpc) is 2.73. The number of anilines is 1. The van der Waals surface area contributed by atoms with Crippen LogP contribution in [0, 0.1) is 0 Å². The van der Waals surface area contributed by atoms with Crippen LogP contribution >= 0.6 is 0 Å². The number of amides is 2. The van der Waals surface area contributed by atoms with E-state index in [0.717, 1.165) is 11.3 Å². The second-order valence-corrected chi connectivity index (χ2v) is 6.85. The zero-order valence-corrected chi connectivity index (χ0v) is 17.5. The number of nitrogens with zero attached hydrogens (tertiary/aromatic N) is 2. The molecule has 2 N–H and O–H groups in total. The van der Waals surface area contributed by atoms with Gasteiger partial charge in [-0.15, -0.1) is 0 Å². The van der Waals surface area contributed by atoms with E-state index in [4.69, 9.17) is 15.2 Å². The number of hydrogen-bond donors (Lipinski definition) is 1. The summed E-state index contributed by atoms with van der Waals surface area (Å²) in [6.07, 6.45) is 1.76. The topological polar surface area (TPSA) is 85.1 Å². The van der Waals surface area contributed by atoms with E-state index in [0.29, 0.717) is 24.6 Å². The summed E-state index contributed by atoms with van der Waals surface area (Å²) < 4.78 is 10.9. The highest BCUT2D eigenvalue weighted by Crippen LogP contribution is 2.28. The van der Waals surface area contributed by atoms with Crippen LogP contribution in [0.15, 0.2) is 61.2 Å². The Bertz CT molecular complexity index is 852. The number of para-hydroxylation sites is 2. The Morgan fingerprint density at radius 3 is 2.47 bits per heavy atom. The number of methoxy groups -OCH3 is 1. The summed E-state index contributed by atoms with van der Waals surface area (Å²) in [5.74, 6) is 0.725. The standard InChI is InChI=1S/C23H29N3O4/c1-4-15-30-19-11-9-18(10-12-19)16-25(2)17-23(28)26(14-13-22(24)27)20-7-5-6-8-21(20)29-3/h4-12H,1,13-17H2,2-3H3,(H2,24,27). The highest BCUT2D eigenvalue weighted by molar-refractivity contribution is 5.96. The minimum absolute atomic E-state index is 0.0691.